The number of carbonyl (C=O) groups is 1. The molecule has 0 saturated carbocycles. The predicted molar refractivity (Wildman–Crippen MR) is 108 cm³/mol. The van der Waals surface area contributed by atoms with Crippen molar-refractivity contribution in [1.82, 2.24) is 29.5 Å². The van der Waals surface area contributed by atoms with Crippen molar-refractivity contribution in [2.75, 3.05) is 6.54 Å². The van der Waals surface area contributed by atoms with Gasteiger partial charge in [-0.2, -0.15) is 5.10 Å². The van der Waals surface area contributed by atoms with Crippen molar-refractivity contribution in [3.05, 3.63) is 53.6 Å². The van der Waals surface area contributed by atoms with Gasteiger partial charge in [0.2, 0.25) is 5.91 Å². The van der Waals surface area contributed by atoms with Crippen LogP contribution in [-0.4, -0.2) is 36.7 Å². The molecule has 4 aromatic rings. The first-order valence-electron chi connectivity index (χ1n) is 9.63. The van der Waals surface area contributed by atoms with Crippen molar-refractivity contribution in [3.63, 3.8) is 0 Å². The summed E-state index contributed by atoms with van der Waals surface area (Å²) in [6.07, 6.45) is 5.68. The minimum absolute atomic E-state index is 0.0426. The highest BCUT2D eigenvalue weighted by molar-refractivity contribution is 5.77. The highest BCUT2D eigenvalue weighted by Gasteiger charge is 2.13. The maximum absolute atomic E-state index is 11.9. The van der Waals surface area contributed by atoms with E-state index in [1.165, 1.54) is 11.1 Å². The Morgan fingerprint density at radius 1 is 1.11 bits per heavy atom. The fraction of sp³-hybridized carbons (Fsp3) is 0.333. The van der Waals surface area contributed by atoms with E-state index in [4.69, 9.17) is 5.10 Å². The summed E-state index contributed by atoms with van der Waals surface area (Å²) >= 11 is 0. The van der Waals surface area contributed by atoms with E-state index < -0.39 is 0 Å². The van der Waals surface area contributed by atoms with Crippen molar-refractivity contribution in [2.24, 2.45) is 0 Å². The second-order valence-corrected chi connectivity index (χ2v) is 7.12. The average Bonchev–Trinajstić information content (AvgIpc) is 3.30. The number of nitrogens with one attached hydrogen (secondary N) is 1. The Balaban J connectivity index is 1.65. The van der Waals surface area contributed by atoms with Crippen LogP contribution in [0.25, 0.3) is 22.4 Å². The summed E-state index contributed by atoms with van der Waals surface area (Å²) in [6, 6.07) is 8.39. The highest BCUT2D eigenvalue weighted by Crippen LogP contribution is 2.24. The Morgan fingerprint density at radius 2 is 1.96 bits per heavy atom. The quantitative estimate of drug-likeness (QED) is 0.561. The number of hydrogen-bond donors (Lipinski definition) is 1. The summed E-state index contributed by atoms with van der Waals surface area (Å²) < 4.78 is 3.76. The number of rotatable bonds is 6. The third kappa shape index (κ3) is 3.35. The van der Waals surface area contributed by atoms with E-state index in [2.05, 4.69) is 47.6 Å². The van der Waals surface area contributed by atoms with E-state index in [0.29, 0.717) is 19.4 Å². The molecule has 7 heteroatoms. The lowest BCUT2D eigenvalue weighted by molar-refractivity contribution is -0.121. The molecule has 28 heavy (non-hydrogen) atoms. The van der Waals surface area contributed by atoms with Gasteiger partial charge in [-0.1, -0.05) is 19.1 Å². The number of hydrogen-bond acceptors (Lipinski definition) is 4. The van der Waals surface area contributed by atoms with Gasteiger partial charge < -0.3 is 5.32 Å². The molecule has 1 aromatic carbocycles. The molecule has 1 amide bonds. The van der Waals surface area contributed by atoms with Crippen LogP contribution in [0.3, 0.4) is 0 Å². The topological polar surface area (TPSA) is 76.6 Å². The van der Waals surface area contributed by atoms with Crippen molar-refractivity contribution >= 4 is 17.1 Å². The zero-order valence-corrected chi connectivity index (χ0v) is 16.4. The standard InChI is InChI=1S/C21H24N6O/c1-4-9-22-20(28)8-7-19-23-24-21-18-13-17(25-27(18)11-10-26(19)21)16-6-5-14(2)15(3)12-16/h5-6,10-13H,4,7-9H2,1-3H3,(H,22,28). The molecule has 0 spiro atoms. The molecule has 0 bridgehead atoms. The van der Waals surface area contributed by atoms with Gasteiger partial charge in [-0.05, 0) is 43.5 Å². The molecule has 1 N–H and O–H groups in total. The van der Waals surface area contributed by atoms with E-state index in [0.717, 1.165) is 34.7 Å². The zero-order chi connectivity index (χ0) is 19.7. The molecule has 0 radical (unpaired) electrons. The van der Waals surface area contributed by atoms with Crippen LogP contribution in [-0.2, 0) is 11.2 Å². The molecule has 0 unspecified atom stereocenters. The number of carbonyl (C=O) groups excluding carboxylic acids is 1. The van der Waals surface area contributed by atoms with Gasteiger partial charge in [0.15, 0.2) is 5.65 Å². The Hall–Kier alpha value is -3.22. The van der Waals surface area contributed by atoms with E-state index in [1.54, 1.807) is 0 Å². The average molecular weight is 376 g/mol. The normalized spacial score (nSPS) is 11.4. The Morgan fingerprint density at radius 3 is 2.75 bits per heavy atom. The third-order valence-corrected chi connectivity index (χ3v) is 5.04. The number of benzene rings is 1. The van der Waals surface area contributed by atoms with Gasteiger partial charge in [-0.25, -0.2) is 4.52 Å². The van der Waals surface area contributed by atoms with Crippen LogP contribution in [0.2, 0.25) is 0 Å². The molecule has 0 fully saturated rings. The fourth-order valence-electron chi connectivity index (χ4n) is 3.25. The van der Waals surface area contributed by atoms with Crippen molar-refractivity contribution in [2.45, 2.75) is 40.0 Å². The number of amides is 1. The largest absolute Gasteiger partial charge is 0.356 e. The number of aromatic nitrogens is 5. The Kier molecular flexibility index (Phi) is 4.81. The summed E-state index contributed by atoms with van der Waals surface area (Å²) in [6.45, 7) is 6.95. The minimum atomic E-state index is 0.0426. The van der Waals surface area contributed by atoms with Gasteiger partial charge >= 0.3 is 0 Å². The molecule has 0 aliphatic carbocycles. The lowest BCUT2D eigenvalue weighted by Gasteiger charge is -2.03. The van der Waals surface area contributed by atoms with E-state index in [-0.39, 0.29) is 5.91 Å². The van der Waals surface area contributed by atoms with Crippen LogP contribution in [0, 0.1) is 13.8 Å². The zero-order valence-electron chi connectivity index (χ0n) is 16.4. The SMILES string of the molecule is CCCNC(=O)CCc1nnc2c3cc(-c4ccc(C)c(C)c4)nn3ccn12. The van der Waals surface area contributed by atoms with Gasteiger partial charge in [-0.3, -0.25) is 9.20 Å². The first-order valence-corrected chi connectivity index (χ1v) is 9.63. The van der Waals surface area contributed by atoms with Crippen LogP contribution in [0.1, 0.15) is 36.7 Å². The molecule has 0 aliphatic rings. The molecule has 4 rings (SSSR count). The van der Waals surface area contributed by atoms with Gasteiger partial charge in [0.25, 0.3) is 0 Å². The van der Waals surface area contributed by atoms with E-state index in [9.17, 15) is 4.79 Å². The molecule has 3 aromatic heterocycles. The lowest BCUT2D eigenvalue weighted by Crippen LogP contribution is -2.24. The number of aryl methyl sites for hydroxylation is 3. The summed E-state index contributed by atoms with van der Waals surface area (Å²) in [5, 5.41) is 16.2. The maximum atomic E-state index is 11.9. The molecule has 144 valence electrons. The predicted octanol–water partition coefficient (Wildman–Crippen LogP) is 3.12. The van der Waals surface area contributed by atoms with E-state index >= 15 is 0 Å². The summed E-state index contributed by atoms with van der Waals surface area (Å²) in [5.41, 5.74) is 6.13. The monoisotopic (exact) mass is 376 g/mol. The molecule has 0 atom stereocenters. The molecular formula is C21H24N6O. The maximum Gasteiger partial charge on any atom is 0.220 e. The molecular weight excluding hydrogens is 352 g/mol. The van der Waals surface area contributed by atoms with Crippen LogP contribution >= 0.6 is 0 Å². The summed E-state index contributed by atoms with van der Waals surface area (Å²) in [7, 11) is 0. The van der Waals surface area contributed by atoms with Crippen molar-refractivity contribution in [3.8, 4) is 11.3 Å². The van der Waals surface area contributed by atoms with Crippen molar-refractivity contribution < 1.29 is 4.79 Å². The van der Waals surface area contributed by atoms with E-state index in [1.807, 2.05) is 34.3 Å². The third-order valence-electron chi connectivity index (χ3n) is 5.04. The molecule has 0 saturated heterocycles. The number of fused-ring (bicyclic) bond motifs is 3. The van der Waals surface area contributed by atoms with Crippen LogP contribution in [0.15, 0.2) is 36.7 Å². The van der Waals surface area contributed by atoms with Gasteiger partial charge in [-0.15, -0.1) is 10.2 Å². The molecule has 0 aliphatic heterocycles. The van der Waals surface area contributed by atoms with Crippen LogP contribution in [0.4, 0.5) is 0 Å². The first-order chi connectivity index (χ1) is 13.6. The lowest BCUT2D eigenvalue weighted by atomic mass is 10.0. The van der Waals surface area contributed by atoms with Crippen molar-refractivity contribution in [1.29, 1.82) is 0 Å². The first kappa shape index (κ1) is 18.2. The second-order valence-electron chi connectivity index (χ2n) is 7.12. The number of nitrogens with zero attached hydrogens (tertiary/aromatic N) is 5. The molecule has 3 heterocycles. The van der Waals surface area contributed by atoms with Crippen LogP contribution in [0.5, 0.6) is 0 Å². The minimum Gasteiger partial charge on any atom is -0.356 e. The summed E-state index contributed by atoms with van der Waals surface area (Å²) in [5.74, 6) is 0.819. The Labute approximate surface area is 163 Å². The Bertz CT molecular complexity index is 1160. The second kappa shape index (κ2) is 7.42. The van der Waals surface area contributed by atoms with Gasteiger partial charge in [0.1, 0.15) is 11.3 Å². The van der Waals surface area contributed by atoms with Crippen LogP contribution < -0.4 is 5.32 Å². The molecule has 7 nitrogen and oxygen atoms in total. The van der Waals surface area contributed by atoms with Gasteiger partial charge in [0.05, 0.1) is 5.69 Å². The van der Waals surface area contributed by atoms with Gasteiger partial charge in [0, 0.05) is 37.3 Å². The summed E-state index contributed by atoms with van der Waals surface area (Å²) in [4.78, 5) is 11.9. The fourth-order valence-corrected chi connectivity index (χ4v) is 3.25. The smallest absolute Gasteiger partial charge is 0.220 e. The highest BCUT2D eigenvalue weighted by atomic mass is 16.1.